The van der Waals surface area contributed by atoms with Gasteiger partial charge in [-0.1, -0.05) is 24.8 Å². The molecule has 0 aliphatic heterocycles. The molecular weight excluding hydrogens is 260 g/mol. The molecule has 1 aromatic rings. The van der Waals surface area contributed by atoms with E-state index in [0.29, 0.717) is 6.54 Å². The molecule has 0 aromatic heterocycles. The molecule has 1 fully saturated rings. The monoisotopic (exact) mass is 286 g/mol. The standard InChI is InChI=1S/C18H26N2O/c1-2-11-20(15-17-8-9-17)12-13-21-18-7-3-5-16(14-18)6-4-10-19/h3,5,7,14,17H,2,8-13,15,19H2,1H3. The van der Waals surface area contributed by atoms with Crippen LogP contribution in [0.4, 0.5) is 0 Å². The van der Waals surface area contributed by atoms with Crippen LogP contribution in [0.2, 0.25) is 0 Å². The normalized spacial score (nSPS) is 13.9. The first-order valence-electron chi connectivity index (χ1n) is 7.96. The zero-order chi connectivity index (χ0) is 14.9. The SMILES string of the molecule is CCCN(CCOc1cccc(C#CCN)c1)CC1CC1. The summed E-state index contributed by atoms with van der Waals surface area (Å²) >= 11 is 0. The van der Waals surface area contributed by atoms with E-state index in [4.69, 9.17) is 10.5 Å². The lowest BCUT2D eigenvalue weighted by Gasteiger charge is -2.21. The van der Waals surface area contributed by atoms with E-state index in [9.17, 15) is 0 Å². The highest BCUT2D eigenvalue weighted by Gasteiger charge is 2.23. The highest BCUT2D eigenvalue weighted by Crippen LogP contribution is 2.29. The average molecular weight is 286 g/mol. The van der Waals surface area contributed by atoms with E-state index in [1.807, 2.05) is 24.3 Å². The maximum atomic E-state index is 5.86. The molecule has 0 radical (unpaired) electrons. The van der Waals surface area contributed by atoms with E-state index in [-0.39, 0.29) is 0 Å². The van der Waals surface area contributed by atoms with Crippen molar-refractivity contribution in [2.75, 3.05) is 32.8 Å². The molecule has 0 atom stereocenters. The Kier molecular flexibility index (Phi) is 6.59. The molecule has 0 heterocycles. The molecule has 1 aromatic carbocycles. The summed E-state index contributed by atoms with van der Waals surface area (Å²) in [6.07, 6.45) is 4.02. The fourth-order valence-electron chi connectivity index (χ4n) is 2.39. The predicted octanol–water partition coefficient (Wildman–Crippen LogP) is 2.50. The summed E-state index contributed by atoms with van der Waals surface area (Å²) < 4.78 is 5.86. The van der Waals surface area contributed by atoms with Crippen LogP contribution in [0.1, 0.15) is 31.7 Å². The number of nitrogens with two attached hydrogens (primary N) is 1. The van der Waals surface area contributed by atoms with E-state index >= 15 is 0 Å². The van der Waals surface area contributed by atoms with E-state index in [0.717, 1.165) is 30.4 Å². The molecule has 114 valence electrons. The Morgan fingerprint density at radius 2 is 2.19 bits per heavy atom. The summed E-state index contributed by atoms with van der Waals surface area (Å²) in [5.41, 5.74) is 6.35. The lowest BCUT2D eigenvalue weighted by Crippen LogP contribution is -2.31. The van der Waals surface area contributed by atoms with Gasteiger partial charge in [0.15, 0.2) is 0 Å². The quantitative estimate of drug-likeness (QED) is 0.746. The molecule has 0 saturated heterocycles. The van der Waals surface area contributed by atoms with Gasteiger partial charge in [-0.3, -0.25) is 4.90 Å². The molecule has 3 heteroatoms. The summed E-state index contributed by atoms with van der Waals surface area (Å²) in [5.74, 6) is 7.73. The van der Waals surface area contributed by atoms with Crippen molar-refractivity contribution in [2.24, 2.45) is 11.7 Å². The van der Waals surface area contributed by atoms with Crippen LogP contribution in [0.25, 0.3) is 0 Å². The van der Waals surface area contributed by atoms with Crippen LogP contribution in [0, 0.1) is 17.8 Å². The van der Waals surface area contributed by atoms with Gasteiger partial charge in [-0.05, 0) is 49.9 Å². The van der Waals surface area contributed by atoms with Crippen LogP contribution in [0.3, 0.4) is 0 Å². The topological polar surface area (TPSA) is 38.5 Å². The number of rotatable bonds is 8. The molecule has 1 aliphatic rings. The summed E-state index contributed by atoms with van der Waals surface area (Å²) in [7, 11) is 0. The second-order valence-electron chi connectivity index (χ2n) is 5.63. The number of benzene rings is 1. The van der Waals surface area contributed by atoms with Gasteiger partial charge in [0.25, 0.3) is 0 Å². The Hall–Kier alpha value is -1.50. The molecule has 0 spiro atoms. The second kappa shape index (κ2) is 8.71. The number of hydrogen-bond acceptors (Lipinski definition) is 3. The fourth-order valence-corrected chi connectivity index (χ4v) is 2.39. The van der Waals surface area contributed by atoms with Gasteiger partial charge in [0.05, 0.1) is 6.54 Å². The van der Waals surface area contributed by atoms with Gasteiger partial charge in [-0.15, -0.1) is 0 Å². The molecule has 21 heavy (non-hydrogen) atoms. The van der Waals surface area contributed by atoms with Crippen LogP contribution in [-0.4, -0.2) is 37.7 Å². The van der Waals surface area contributed by atoms with Gasteiger partial charge >= 0.3 is 0 Å². The molecule has 0 unspecified atom stereocenters. The molecule has 2 rings (SSSR count). The van der Waals surface area contributed by atoms with Crippen LogP contribution in [0.15, 0.2) is 24.3 Å². The largest absolute Gasteiger partial charge is 0.492 e. The third-order valence-electron chi connectivity index (χ3n) is 3.60. The highest BCUT2D eigenvalue weighted by atomic mass is 16.5. The summed E-state index contributed by atoms with van der Waals surface area (Å²) in [6, 6.07) is 7.92. The fraction of sp³-hybridized carbons (Fsp3) is 0.556. The van der Waals surface area contributed by atoms with Gasteiger partial charge < -0.3 is 10.5 Å². The van der Waals surface area contributed by atoms with Crippen LogP contribution in [0.5, 0.6) is 5.75 Å². The minimum atomic E-state index is 0.387. The van der Waals surface area contributed by atoms with Crippen LogP contribution < -0.4 is 10.5 Å². The first kappa shape index (κ1) is 15.9. The Bertz CT molecular complexity index is 485. The van der Waals surface area contributed by atoms with Crippen molar-refractivity contribution in [3.63, 3.8) is 0 Å². The highest BCUT2D eigenvalue weighted by molar-refractivity contribution is 5.39. The van der Waals surface area contributed by atoms with Gasteiger partial charge in [0, 0.05) is 18.7 Å². The summed E-state index contributed by atoms with van der Waals surface area (Å²) in [5, 5.41) is 0. The van der Waals surface area contributed by atoms with Crippen molar-refractivity contribution in [1.29, 1.82) is 0 Å². The molecule has 1 saturated carbocycles. The first-order valence-corrected chi connectivity index (χ1v) is 7.96. The lowest BCUT2D eigenvalue weighted by atomic mass is 10.2. The molecule has 2 N–H and O–H groups in total. The zero-order valence-electron chi connectivity index (χ0n) is 13.0. The molecule has 3 nitrogen and oxygen atoms in total. The Balaban J connectivity index is 1.78. The zero-order valence-corrected chi connectivity index (χ0v) is 13.0. The van der Waals surface area contributed by atoms with E-state index in [2.05, 4.69) is 23.7 Å². The van der Waals surface area contributed by atoms with Gasteiger partial charge in [-0.2, -0.15) is 0 Å². The average Bonchev–Trinajstić information content (AvgIpc) is 3.30. The smallest absolute Gasteiger partial charge is 0.120 e. The van der Waals surface area contributed by atoms with Crippen molar-refractivity contribution in [3.05, 3.63) is 29.8 Å². The van der Waals surface area contributed by atoms with Crippen molar-refractivity contribution in [3.8, 4) is 17.6 Å². The van der Waals surface area contributed by atoms with Gasteiger partial charge in [-0.25, -0.2) is 0 Å². The third-order valence-corrected chi connectivity index (χ3v) is 3.60. The molecule has 0 amide bonds. The Labute approximate surface area is 128 Å². The van der Waals surface area contributed by atoms with Crippen LogP contribution in [-0.2, 0) is 0 Å². The molecule has 1 aliphatic carbocycles. The molecule has 0 bridgehead atoms. The maximum Gasteiger partial charge on any atom is 0.120 e. The maximum absolute atomic E-state index is 5.86. The van der Waals surface area contributed by atoms with E-state index in [1.165, 1.54) is 32.4 Å². The second-order valence-corrected chi connectivity index (χ2v) is 5.63. The van der Waals surface area contributed by atoms with Crippen molar-refractivity contribution >= 4 is 0 Å². The van der Waals surface area contributed by atoms with E-state index < -0.39 is 0 Å². The summed E-state index contributed by atoms with van der Waals surface area (Å²) in [4.78, 5) is 2.52. The third kappa shape index (κ3) is 6.20. The van der Waals surface area contributed by atoms with Crippen molar-refractivity contribution < 1.29 is 4.74 Å². The predicted molar refractivity (Wildman–Crippen MR) is 87.3 cm³/mol. The Morgan fingerprint density at radius 3 is 2.90 bits per heavy atom. The van der Waals surface area contributed by atoms with Crippen molar-refractivity contribution in [2.45, 2.75) is 26.2 Å². The minimum Gasteiger partial charge on any atom is -0.492 e. The Morgan fingerprint density at radius 1 is 1.33 bits per heavy atom. The minimum absolute atomic E-state index is 0.387. The molecular formula is C18H26N2O. The lowest BCUT2D eigenvalue weighted by molar-refractivity contribution is 0.203. The first-order chi connectivity index (χ1) is 10.3. The van der Waals surface area contributed by atoms with E-state index in [1.54, 1.807) is 0 Å². The van der Waals surface area contributed by atoms with Gasteiger partial charge in [0.2, 0.25) is 0 Å². The van der Waals surface area contributed by atoms with Gasteiger partial charge in [0.1, 0.15) is 12.4 Å². The van der Waals surface area contributed by atoms with Crippen LogP contribution >= 0.6 is 0 Å². The number of ether oxygens (including phenoxy) is 1. The number of nitrogens with zero attached hydrogens (tertiary/aromatic N) is 1. The summed E-state index contributed by atoms with van der Waals surface area (Å²) in [6.45, 7) is 6.77. The number of hydrogen-bond donors (Lipinski definition) is 1. The van der Waals surface area contributed by atoms with Crippen molar-refractivity contribution in [1.82, 2.24) is 4.90 Å².